The number of nitrogens with zero attached hydrogens (tertiary/aromatic N) is 3. The van der Waals surface area contributed by atoms with Crippen molar-refractivity contribution in [2.75, 3.05) is 0 Å². The van der Waals surface area contributed by atoms with E-state index in [2.05, 4.69) is 266 Å². The molecule has 73 heavy (non-hydrogen) atoms. The molecule has 3 aromatic heterocycles. The van der Waals surface area contributed by atoms with Crippen molar-refractivity contribution in [3.05, 3.63) is 283 Å². The summed E-state index contributed by atoms with van der Waals surface area (Å²) in [6, 6.07) is 95.7. The summed E-state index contributed by atoms with van der Waals surface area (Å²) in [5, 5.41) is 12.9. The third-order valence-electron chi connectivity index (χ3n) is 14.8. The van der Waals surface area contributed by atoms with Crippen LogP contribution in [0, 0.1) is 0 Å². The molecule has 0 saturated heterocycles. The number of halogens is 1. The zero-order valence-corrected chi connectivity index (χ0v) is 41.4. The van der Waals surface area contributed by atoms with Gasteiger partial charge in [-0.25, -0.2) is 0 Å². The van der Waals surface area contributed by atoms with Crippen molar-refractivity contribution >= 4 is 103 Å². The molecule has 3 nitrogen and oxygen atoms in total. The van der Waals surface area contributed by atoms with Gasteiger partial charge in [-0.2, -0.15) is 0 Å². The lowest BCUT2D eigenvalue weighted by Crippen LogP contribution is -1.98. The average Bonchev–Trinajstić information content (AvgIpc) is 4.26. The first-order valence-corrected chi connectivity index (χ1v) is 25.8. The van der Waals surface area contributed by atoms with Crippen LogP contribution >= 0.6 is 15.9 Å². The monoisotopic (exact) mass is 995 g/mol. The molecular weight excluding hydrogens is 951 g/mol. The van der Waals surface area contributed by atoms with Gasteiger partial charge in [0.1, 0.15) is 0 Å². The Balaban J connectivity index is 0.000000121. The van der Waals surface area contributed by atoms with Crippen molar-refractivity contribution in [3.63, 3.8) is 0 Å². The summed E-state index contributed by atoms with van der Waals surface area (Å²) in [5.41, 5.74) is 16.8. The Morgan fingerprint density at radius 3 is 1.23 bits per heavy atom. The Labute approximate surface area is 431 Å². The molecule has 0 amide bonds. The topological polar surface area (TPSA) is 14.8 Å². The maximum Gasteiger partial charge on any atom is 0.0789 e. The fourth-order valence-corrected chi connectivity index (χ4v) is 12.0. The van der Waals surface area contributed by atoms with Gasteiger partial charge in [-0.15, -0.1) is 0 Å². The molecule has 4 heteroatoms. The molecule has 0 atom stereocenters. The molecule has 12 aromatic carbocycles. The van der Waals surface area contributed by atoms with Gasteiger partial charge in [-0.1, -0.05) is 228 Å². The van der Waals surface area contributed by atoms with Gasteiger partial charge in [-0.05, 0) is 87.6 Å². The lowest BCUT2D eigenvalue weighted by molar-refractivity contribution is 1.15. The van der Waals surface area contributed by atoms with Crippen molar-refractivity contribution in [2.45, 2.75) is 6.42 Å². The summed E-state index contributed by atoms with van der Waals surface area (Å²) in [5.74, 6) is 0. The van der Waals surface area contributed by atoms with E-state index in [-0.39, 0.29) is 0 Å². The Bertz CT molecular complexity index is 4570. The van der Waals surface area contributed by atoms with E-state index in [1.807, 2.05) is 30.3 Å². The molecule has 0 unspecified atom stereocenters. The molecule has 0 N–H and O–H groups in total. The van der Waals surface area contributed by atoms with Gasteiger partial charge in [0.25, 0.3) is 0 Å². The highest BCUT2D eigenvalue weighted by atomic mass is 79.9. The normalized spacial score (nSPS) is 11.8. The first-order valence-electron chi connectivity index (χ1n) is 25.0. The molecule has 344 valence electrons. The molecule has 1 aliphatic carbocycles. The highest BCUT2D eigenvalue weighted by Crippen LogP contribution is 2.46. The molecule has 0 aliphatic heterocycles. The van der Waals surface area contributed by atoms with Crippen LogP contribution in [0.15, 0.2) is 271 Å². The standard InChI is InChI=1S/C34H22N2.C29H19N.C6H5Br/c1-3-12-24(13-4-1)35-31-18-10-9-17-27(31)28-21-22-30-29-20-19-23-11-7-8-16-26(23)32(29)36(34(30)33(28)35)25-14-5-2-6-15-25;1-2-10-21(11-3-1)30-28-23-13-7-4-8-19(23)14-15-25(28)26-17-16-24-22-12-6-5-9-20(22)18-27(24)29(26)30;7-6-4-2-1-3-5-6/h1-22H;1-17H,18H2;1-5H. The summed E-state index contributed by atoms with van der Waals surface area (Å²) in [6.45, 7) is 0. The van der Waals surface area contributed by atoms with Gasteiger partial charge in [-0.3, -0.25) is 0 Å². The highest BCUT2D eigenvalue weighted by molar-refractivity contribution is 9.10. The molecule has 3 heterocycles. The molecule has 1 aliphatic rings. The van der Waals surface area contributed by atoms with Crippen LogP contribution in [-0.4, -0.2) is 13.7 Å². The van der Waals surface area contributed by atoms with E-state index in [1.54, 1.807) is 0 Å². The molecule has 16 rings (SSSR count). The minimum absolute atomic E-state index is 0.990. The lowest BCUT2D eigenvalue weighted by atomic mass is 10.0. The predicted octanol–water partition coefficient (Wildman–Crippen LogP) is 19.0. The van der Waals surface area contributed by atoms with E-state index in [1.165, 1.54) is 126 Å². The molecule has 0 radical (unpaired) electrons. The van der Waals surface area contributed by atoms with E-state index in [9.17, 15) is 0 Å². The molecule has 0 bridgehead atoms. The van der Waals surface area contributed by atoms with Gasteiger partial charge >= 0.3 is 0 Å². The van der Waals surface area contributed by atoms with Crippen molar-refractivity contribution in [3.8, 4) is 28.2 Å². The SMILES string of the molecule is Brc1ccccc1.c1ccc(-n2c3c4c(ccc3c3ccc5ccccc5c32)-c2ccccc2C4)cc1.c1ccc(-n2c3ccccc3c3ccc4c5ccc6ccccc6c5n(-c5ccccc5)c4c32)cc1. The third-order valence-corrected chi connectivity index (χ3v) is 15.3. The highest BCUT2D eigenvalue weighted by Gasteiger charge is 2.26. The predicted molar refractivity (Wildman–Crippen MR) is 313 cm³/mol. The number of rotatable bonds is 3. The molecule has 0 spiro atoms. The summed E-state index contributed by atoms with van der Waals surface area (Å²) < 4.78 is 8.55. The van der Waals surface area contributed by atoms with Crippen LogP contribution < -0.4 is 0 Å². The Morgan fingerprint density at radius 1 is 0.260 bits per heavy atom. The fraction of sp³-hybridized carbons (Fsp3) is 0.0145. The number of hydrogen-bond donors (Lipinski definition) is 0. The van der Waals surface area contributed by atoms with Gasteiger partial charge in [0.05, 0.1) is 33.1 Å². The van der Waals surface area contributed by atoms with Crippen LogP contribution in [0.1, 0.15) is 11.1 Å². The quantitative estimate of drug-likeness (QED) is 0.168. The van der Waals surface area contributed by atoms with Gasteiger partial charge < -0.3 is 13.7 Å². The van der Waals surface area contributed by atoms with E-state index in [4.69, 9.17) is 0 Å². The van der Waals surface area contributed by atoms with Crippen LogP contribution in [0.4, 0.5) is 0 Å². The van der Waals surface area contributed by atoms with Crippen molar-refractivity contribution in [1.29, 1.82) is 0 Å². The van der Waals surface area contributed by atoms with Crippen molar-refractivity contribution in [2.24, 2.45) is 0 Å². The zero-order valence-electron chi connectivity index (χ0n) is 39.8. The number of fused-ring (bicyclic) bond motifs is 18. The molecule has 15 aromatic rings. The summed E-state index contributed by atoms with van der Waals surface area (Å²) in [7, 11) is 0. The first-order chi connectivity index (χ1) is 36.2. The maximum absolute atomic E-state index is 3.31. The van der Waals surface area contributed by atoms with E-state index < -0.39 is 0 Å². The van der Waals surface area contributed by atoms with Crippen molar-refractivity contribution in [1.82, 2.24) is 13.7 Å². The molecular formula is C69H46BrN3. The van der Waals surface area contributed by atoms with Crippen LogP contribution in [0.2, 0.25) is 0 Å². The van der Waals surface area contributed by atoms with Crippen LogP contribution in [0.25, 0.3) is 115 Å². The average molecular weight is 997 g/mol. The Hall–Kier alpha value is -8.96. The molecule has 0 saturated carbocycles. The van der Waals surface area contributed by atoms with Crippen LogP contribution in [-0.2, 0) is 6.42 Å². The van der Waals surface area contributed by atoms with Gasteiger partial charge in [0.2, 0.25) is 0 Å². The summed E-state index contributed by atoms with van der Waals surface area (Å²) >= 11 is 3.31. The smallest absolute Gasteiger partial charge is 0.0789 e. The summed E-state index contributed by atoms with van der Waals surface area (Å²) in [6.07, 6.45) is 0.990. The number of aromatic nitrogens is 3. The number of benzene rings is 12. The number of hydrogen-bond acceptors (Lipinski definition) is 0. The van der Waals surface area contributed by atoms with E-state index >= 15 is 0 Å². The van der Waals surface area contributed by atoms with E-state index in [0.29, 0.717) is 0 Å². The Kier molecular flexibility index (Phi) is 10.4. The minimum atomic E-state index is 0.990. The van der Waals surface area contributed by atoms with Gasteiger partial charge in [0.15, 0.2) is 0 Å². The second kappa shape index (κ2) is 17.7. The van der Waals surface area contributed by atoms with Gasteiger partial charge in [0, 0.05) is 71.0 Å². The first kappa shape index (κ1) is 42.9. The van der Waals surface area contributed by atoms with Crippen LogP contribution in [0.5, 0.6) is 0 Å². The summed E-state index contributed by atoms with van der Waals surface area (Å²) in [4.78, 5) is 0. The van der Waals surface area contributed by atoms with Crippen LogP contribution in [0.3, 0.4) is 0 Å². The largest absolute Gasteiger partial charge is 0.308 e. The van der Waals surface area contributed by atoms with Crippen molar-refractivity contribution < 1.29 is 0 Å². The lowest BCUT2D eigenvalue weighted by Gasteiger charge is -2.13. The minimum Gasteiger partial charge on any atom is -0.308 e. The Morgan fingerprint density at radius 2 is 0.658 bits per heavy atom. The molecule has 0 fully saturated rings. The second-order valence-corrected chi connectivity index (χ2v) is 19.8. The number of para-hydroxylation sites is 4. The second-order valence-electron chi connectivity index (χ2n) is 18.9. The maximum atomic E-state index is 3.31. The third kappa shape index (κ3) is 7.01. The van der Waals surface area contributed by atoms with E-state index in [0.717, 1.165) is 10.9 Å². The zero-order chi connectivity index (χ0) is 48.4. The fourth-order valence-electron chi connectivity index (χ4n) is 11.7.